The summed E-state index contributed by atoms with van der Waals surface area (Å²) < 4.78 is 8.13. The van der Waals surface area contributed by atoms with Crippen LogP contribution in [0.15, 0.2) is 35.4 Å². The molecule has 27 heavy (non-hydrogen) atoms. The molecule has 1 aliphatic rings. The minimum atomic E-state index is -0.424. The van der Waals surface area contributed by atoms with Gasteiger partial charge in [-0.05, 0) is 37.1 Å². The third-order valence-corrected chi connectivity index (χ3v) is 4.62. The van der Waals surface area contributed by atoms with Crippen molar-refractivity contribution in [2.75, 3.05) is 13.2 Å². The van der Waals surface area contributed by atoms with Gasteiger partial charge in [-0.15, -0.1) is 5.10 Å². The van der Waals surface area contributed by atoms with E-state index >= 15 is 0 Å². The average Bonchev–Trinajstić information content (AvgIpc) is 3.33. The van der Waals surface area contributed by atoms with Crippen LogP contribution in [0, 0.1) is 0 Å². The number of hydrogen-bond acceptors (Lipinski definition) is 6. The molecular formula is C17H17ClN6O3. The van der Waals surface area contributed by atoms with Crippen molar-refractivity contribution in [2.24, 2.45) is 0 Å². The van der Waals surface area contributed by atoms with Gasteiger partial charge in [0.15, 0.2) is 11.2 Å². The van der Waals surface area contributed by atoms with Gasteiger partial charge in [0.25, 0.3) is 5.56 Å². The lowest BCUT2D eigenvalue weighted by atomic mass is 10.2. The van der Waals surface area contributed by atoms with Gasteiger partial charge in [-0.1, -0.05) is 16.8 Å². The van der Waals surface area contributed by atoms with E-state index in [-0.39, 0.29) is 24.1 Å². The molecule has 9 nitrogen and oxygen atoms in total. The van der Waals surface area contributed by atoms with Crippen LogP contribution in [-0.2, 0) is 16.1 Å². The van der Waals surface area contributed by atoms with Gasteiger partial charge in [0.2, 0.25) is 5.91 Å². The summed E-state index contributed by atoms with van der Waals surface area (Å²) in [5.74, 6) is -0.279. The molecule has 1 atom stereocenters. The van der Waals surface area contributed by atoms with E-state index in [1.807, 2.05) is 0 Å². The van der Waals surface area contributed by atoms with Crippen LogP contribution in [0.5, 0.6) is 0 Å². The third-order valence-electron chi connectivity index (χ3n) is 4.37. The maximum atomic E-state index is 12.6. The first-order chi connectivity index (χ1) is 13.1. The summed E-state index contributed by atoms with van der Waals surface area (Å²) in [7, 11) is 0. The fourth-order valence-electron chi connectivity index (χ4n) is 2.96. The molecule has 1 aliphatic heterocycles. The van der Waals surface area contributed by atoms with Gasteiger partial charge in [0.05, 0.1) is 11.8 Å². The van der Waals surface area contributed by atoms with E-state index in [2.05, 4.69) is 20.6 Å². The predicted molar refractivity (Wildman–Crippen MR) is 97.9 cm³/mol. The monoisotopic (exact) mass is 388 g/mol. The molecule has 0 radical (unpaired) electrons. The van der Waals surface area contributed by atoms with E-state index in [9.17, 15) is 9.59 Å². The first-order valence-corrected chi connectivity index (χ1v) is 8.95. The van der Waals surface area contributed by atoms with Crippen LogP contribution in [0.25, 0.3) is 16.9 Å². The molecule has 3 aromatic rings. The van der Waals surface area contributed by atoms with Gasteiger partial charge in [-0.25, -0.2) is 4.98 Å². The Labute approximate surface area is 158 Å². The van der Waals surface area contributed by atoms with Crippen LogP contribution in [0.3, 0.4) is 0 Å². The van der Waals surface area contributed by atoms with E-state index in [0.29, 0.717) is 22.9 Å². The molecule has 1 aromatic carbocycles. The lowest BCUT2D eigenvalue weighted by Crippen LogP contribution is -2.36. The van der Waals surface area contributed by atoms with Crippen molar-refractivity contribution >= 4 is 28.7 Å². The fourth-order valence-corrected chi connectivity index (χ4v) is 3.08. The molecule has 0 bridgehead atoms. The van der Waals surface area contributed by atoms with Crippen LogP contribution in [-0.4, -0.2) is 49.7 Å². The number of rotatable bonds is 5. The van der Waals surface area contributed by atoms with Gasteiger partial charge in [-0.3, -0.25) is 14.2 Å². The number of nitrogens with zero attached hydrogens (tertiary/aromatic N) is 5. The Hall–Kier alpha value is -2.78. The number of hydrogen-bond donors (Lipinski definition) is 1. The van der Waals surface area contributed by atoms with Crippen molar-refractivity contribution in [1.82, 2.24) is 29.9 Å². The molecular weight excluding hydrogens is 372 g/mol. The average molecular weight is 389 g/mol. The number of halogens is 1. The molecule has 1 fully saturated rings. The van der Waals surface area contributed by atoms with Gasteiger partial charge < -0.3 is 10.1 Å². The number of carbonyl (C=O) groups is 1. The molecule has 1 saturated heterocycles. The summed E-state index contributed by atoms with van der Waals surface area (Å²) in [6, 6.07) is 6.93. The zero-order valence-corrected chi connectivity index (χ0v) is 15.1. The summed E-state index contributed by atoms with van der Waals surface area (Å²) in [5, 5.41) is 11.3. The smallest absolute Gasteiger partial charge is 0.284 e. The van der Waals surface area contributed by atoms with Crippen molar-refractivity contribution in [1.29, 1.82) is 0 Å². The highest BCUT2D eigenvalue weighted by Gasteiger charge is 2.18. The maximum Gasteiger partial charge on any atom is 0.284 e. The van der Waals surface area contributed by atoms with E-state index in [1.54, 1.807) is 24.3 Å². The van der Waals surface area contributed by atoms with Crippen LogP contribution in [0.4, 0.5) is 0 Å². The fraction of sp³-hybridized carbons (Fsp3) is 0.353. The highest BCUT2D eigenvalue weighted by molar-refractivity contribution is 6.30. The van der Waals surface area contributed by atoms with Gasteiger partial charge in [0, 0.05) is 18.2 Å². The zero-order valence-electron chi connectivity index (χ0n) is 14.3. The summed E-state index contributed by atoms with van der Waals surface area (Å²) >= 11 is 5.89. The summed E-state index contributed by atoms with van der Waals surface area (Å²) in [5.41, 5.74) is 0.672. The Morgan fingerprint density at radius 3 is 2.89 bits per heavy atom. The Bertz CT molecular complexity index is 1020. The molecule has 1 N–H and O–H groups in total. The van der Waals surface area contributed by atoms with Gasteiger partial charge in [-0.2, -0.15) is 4.68 Å². The zero-order chi connectivity index (χ0) is 18.8. The van der Waals surface area contributed by atoms with Gasteiger partial charge in [0.1, 0.15) is 12.9 Å². The van der Waals surface area contributed by atoms with Crippen molar-refractivity contribution < 1.29 is 9.53 Å². The van der Waals surface area contributed by atoms with Crippen molar-refractivity contribution in [3.8, 4) is 5.69 Å². The van der Waals surface area contributed by atoms with Gasteiger partial charge >= 0.3 is 0 Å². The minimum absolute atomic E-state index is 0.0468. The van der Waals surface area contributed by atoms with Crippen molar-refractivity contribution in [3.63, 3.8) is 0 Å². The van der Waals surface area contributed by atoms with E-state index < -0.39 is 5.56 Å². The molecule has 3 heterocycles. The number of nitrogens with one attached hydrogen (secondary N) is 1. The predicted octanol–water partition coefficient (Wildman–Crippen LogP) is 0.926. The Kier molecular flexibility index (Phi) is 4.87. The standard InChI is InChI=1S/C17H17ClN6O3/c18-11-3-5-12(6-4-11)24-16-15(21-22-24)17(26)23(10-20-16)9-14(25)19-8-13-2-1-7-27-13/h3-6,10,13H,1-2,7-9H2,(H,19,25)/t13-/m1/s1. The molecule has 2 aromatic heterocycles. The number of fused-ring (bicyclic) bond motifs is 1. The largest absolute Gasteiger partial charge is 0.376 e. The lowest BCUT2D eigenvalue weighted by molar-refractivity contribution is -0.122. The second-order valence-electron chi connectivity index (χ2n) is 6.27. The molecule has 10 heteroatoms. The van der Waals surface area contributed by atoms with E-state index in [1.165, 1.54) is 15.6 Å². The number of benzene rings is 1. The maximum absolute atomic E-state index is 12.6. The normalized spacial score (nSPS) is 16.7. The third kappa shape index (κ3) is 3.69. The SMILES string of the molecule is O=C(Cn1cnc2c(nnn2-c2ccc(Cl)cc2)c1=O)NC[C@H]1CCCO1. The van der Waals surface area contributed by atoms with Crippen LogP contribution in [0.2, 0.25) is 5.02 Å². The number of carbonyl (C=O) groups excluding carboxylic acids is 1. The van der Waals surface area contributed by atoms with Crippen molar-refractivity contribution in [3.05, 3.63) is 46.0 Å². The molecule has 0 saturated carbocycles. The summed E-state index contributed by atoms with van der Waals surface area (Å²) in [6.45, 7) is 1.03. The minimum Gasteiger partial charge on any atom is -0.376 e. The molecule has 0 unspecified atom stereocenters. The summed E-state index contributed by atoms with van der Waals surface area (Å²) in [6.07, 6.45) is 3.31. The Morgan fingerprint density at radius 2 is 2.15 bits per heavy atom. The highest BCUT2D eigenvalue weighted by Crippen LogP contribution is 2.15. The Morgan fingerprint density at radius 1 is 1.33 bits per heavy atom. The van der Waals surface area contributed by atoms with Crippen molar-refractivity contribution in [2.45, 2.75) is 25.5 Å². The molecule has 0 aliphatic carbocycles. The van der Waals surface area contributed by atoms with Crippen LogP contribution < -0.4 is 10.9 Å². The van der Waals surface area contributed by atoms with Crippen LogP contribution >= 0.6 is 11.6 Å². The second kappa shape index (κ2) is 7.45. The molecule has 0 spiro atoms. The number of aromatic nitrogens is 5. The summed E-state index contributed by atoms with van der Waals surface area (Å²) in [4.78, 5) is 29.0. The number of amides is 1. The molecule has 4 rings (SSSR count). The number of ether oxygens (including phenoxy) is 1. The van der Waals surface area contributed by atoms with E-state index in [0.717, 1.165) is 19.4 Å². The molecule has 1 amide bonds. The van der Waals surface area contributed by atoms with E-state index in [4.69, 9.17) is 16.3 Å². The second-order valence-corrected chi connectivity index (χ2v) is 6.70. The highest BCUT2D eigenvalue weighted by atomic mass is 35.5. The lowest BCUT2D eigenvalue weighted by Gasteiger charge is -2.11. The molecule has 140 valence electrons. The van der Waals surface area contributed by atoms with Crippen LogP contribution in [0.1, 0.15) is 12.8 Å². The topological polar surface area (TPSA) is 104 Å². The quantitative estimate of drug-likeness (QED) is 0.697. The first-order valence-electron chi connectivity index (χ1n) is 8.57. The Balaban J connectivity index is 1.53. The first kappa shape index (κ1) is 17.6.